The number of hydrogen-bond donors (Lipinski definition) is 2. The summed E-state index contributed by atoms with van der Waals surface area (Å²) in [5.41, 5.74) is 4.44. The van der Waals surface area contributed by atoms with E-state index in [2.05, 4.69) is 41.1 Å². The van der Waals surface area contributed by atoms with Gasteiger partial charge in [0.25, 0.3) is 0 Å². The third kappa shape index (κ3) is 2.51. The summed E-state index contributed by atoms with van der Waals surface area (Å²) in [6, 6.07) is 10.1. The Balaban J connectivity index is 1.44. The maximum Gasteiger partial charge on any atom is 0.327 e. The quantitative estimate of drug-likeness (QED) is 0.743. The highest BCUT2D eigenvalue weighted by Crippen LogP contribution is 2.72. The van der Waals surface area contributed by atoms with Crippen LogP contribution in [0.15, 0.2) is 36.4 Å². The Morgan fingerprint density at radius 3 is 2.90 bits per heavy atom. The molecule has 0 amide bonds. The molecular weight excluding hydrogens is 376 g/mol. The second kappa shape index (κ2) is 6.69. The van der Waals surface area contributed by atoms with Crippen molar-refractivity contribution in [2.75, 3.05) is 13.2 Å². The average Bonchev–Trinajstić information content (AvgIpc) is 3.36. The van der Waals surface area contributed by atoms with Crippen molar-refractivity contribution in [2.45, 2.75) is 57.2 Å². The molecule has 2 saturated carbocycles. The van der Waals surface area contributed by atoms with E-state index < -0.39 is 5.97 Å². The molecule has 3 heterocycles. The number of ether oxygens (including phenoxy) is 1. The Labute approximate surface area is 177 Å². The van der Waals surface area contributed by atoms with Gasteiger partial charge in [0, 0.05) is 41.4 Å². The SMILES string of the molecule is CC1Cc2c([nH]c3ccccc23)C(C23CCC2C(/C=C/C(=O)O)C3)N1C1CCOC1. The first-order valence-electron chi connectivity index (χ1n) is 11.4. The Morgan fingerprint density at radius 2 is 2.20 bits per heavy atom. The van der Waals surface area contributed by atoms with Crippen molar-refractivity contribution in [3.05, 3.63) is 47.7 Å². The number of nitrogens with zero attached hydrogens (tertiary/aromatic N) is 1. The number of rotatable bonds is 4. The van der Waals surface area contributed by atoms with Crippen molar-refractivity contribution in [1.29, 1.82) is 0 Å². The molecule has 0 bridgehead atoms. The van der Waals surface area contributed by atoms with E-state index in [1.807, 2.05) is 6.08 Å². The Kier molecular flexibility index (Phi) is 4.16. The van der Waals surface area contributed by atoms with Crippen LogP contribution < -0.4 is 0 Å². The number of hydrogen-bond acceptors (Lipinski definition) is 3. The van der Waals surface area contributed by atoms with E-state index in [4.69, 9.17) is 9.84 Å². The molecule has 0 spiro atoms. The predicted octanol–water partition coefficient (Wildman–Crippen LogP) is 4.30. The lowest BCUT2D eigenvalue weighted by Gasteiger charge is -2.69. The third-order valence-electron chi connectivity index (χ3n) is 8.58. The molecule has 0 radical (unpaired) electrons. The van der Waals surface area contributed by atoms with Crippen LogP contribution in [0.1, 0.15) is 49.9 Å². The fourth-order valence-electron chi connectivity index (χ4n) is 7.25. The number of carbonyl (C=O) groups is 1. The van der Waals surface area contributed by atoms with Crippen molar-refractivity contribution in [2.24, 2.45) is 17.3 Å². The van der Waals surface area contributed by atoms with Crippen LogP contribution in [-0.2, 0) is 16.0 Å². The van der Waals surface area contributed by atoms with Crippen LogP contribution in [0.25, 0.3) is 10.9 Å². The van der Waals surface area contributed by atoms with Crippen molar-refractivity contribution >= 4 is 16.9 Å². The molecule has 1 saturated heterocycles. The van der Waals surface area contributed by atoms with E-state index in [0.29, 0.717) is 30.0 Å². The summed E-state index contributed by atoms with van der Waals surface area (Å²) >= 11 is 0. The zero-order valence-electron chi connectivity index (χ0n) is 17.5. The van der Waals surface area contributed by atoms with Gasteiger partial charge >= 0.3 is 5.97 Å². The van der Waals surface area contributed by atoms with Gasteiger partial charge in [0.15, 0.2) is 0 Å². The van der Waals surface area contributed by atoms with Crippen LogP contribution in [0.2, 0.25) is 0 Å². The number of H-pyrrole nitrogens is 1. The van der Waals surface area contributed by atoms with Crippen molar-refractivity contribution in [1.82, 2.24) is 9.88 Å². The van der Waals surface area contributed by atoms with E-state index in [-0.39, 0.29) is 5.41 Å². The molecule has 2 N–H and O–H groups in total. The fourth-order valence-corrected chi connectivity index (χ4v) is 7.25. The molecule has 6 unspecified atom stereocenters. The van der Waals surface area contributed by atoms with Crippen LogP contribution in [0.3, 0.4) is 0 Å². The molecule has 4 aliphatic rings. The number of carboxylic acids is 1. The lowest BCUT2D eigenvalue weighted by molar-refractivity contribution is -0.187. The second-order valence-corrected chi connectivity index (χ2v) is 9.93. The number of nitrogens with one attached hydrogen (secondary N) is 1. The number of carboxylic acid groups (broad SMARTS) is 1. The van der Waals surface area contributed by atoms with Crippen molar-refractivity contribution < 1.29 is 14.6 Å². The van der Waals surface area contributed by atoms with Crippen molar-refractivity contribution in [3.8, 4) is 0 Å². The van der Waals surface area contributed by atoms with Gasteiger partial charge in [-0.1, -0.05) is 24.3 Å². The first-order valence-corrected chi connectivity index (χ1v) is 11.4. The van der Waals surface area contributed by atoms with Crippen LogP contribution in [0.4, 0.5) is 0 Å². The number of fused-ring (bicyclic) bond motifs is 4. The average molecular weight is 407 g/mol. The summed E-state index contributed by atoms with van der Waals surface area (Å²) in [6.45, 7) is 4.08. The van der Waals surface area contributed by atoms with Gasteiger partial charge in [-0.3, -0.25) is 4.90 Å². The van der Waals surface area contributed by atoms with Gasteiger partial charge in [-0.05, 0) is 67.9 Å². The zero-order valence-corrected chi connectivity index (χ0v) is 17.5. The van der Waals surface area contributed by atoms with E-state index in [0.717, 1.165) is 32.5 Å². The lowest BCUT2D eigenvalue weighted by atomic mass is 9.39. The molecule has 2 aliphatic carbocycles. The first-order chi connectivity index (χ1) is 14.6. The summed E-state index contributed by atoms with van der Waals surface area (Å²) in [7, 11) is 0. The molecule has 30 heavy (non-hydrogen) atoms. The van der Waals surface area contributed by atoms with E-state index in [9.17, 15) is 4.79 Å². The first kappa shape index (κ1) is 18.6. The minimum absolute atomic E-state index is 0.264. The Bertz CT molecular complexity index is 1020. The van der Waals surface area contributed by atoms with Gasteiger partial charge in [-0.15, -0.1) is 0 Å². The minimum Gasteiger partial charge on any atom is -0.478 e. The van der Waals surface area contributed by atoms with Gasteiger partial charge in [0.05, 0.1) is 12.6 Å². The molecule has 5 nitrogen and oxygen atoms in total. The third-order valence-corrected chi connectivity index (χ3v) is 8.58. The summed E-state index contributed by atoms with van der Waals surface area (Å²) in [6.07, 6.45) is 9.04. The molecule has 3 fully saturated rings. The van der Waals surface area contributed by atoms with Gasteiger partial charge < -0.3 is 14.8 Å². The monoisotopic (exact) mass is 406 g/mol. The largest absolute Gasteiger partial charge is 0.478 e. The van der Waals surface area contributed by atoms with Crippen molar-refractivity contribution in [3.63, 3.8) is 0 Å². The topological polar surface area (TPSA) is 65.6 Å². The van der Waals surface area contributed by atoms with E-state index in [1.54, 1.807) is 0 Å². The molecule has 2 aliphatic heterocycles. The zero-order chi connectivity index (χ0) is 20.5. The smallest absolute Gasteiger partial charge is 0.327 e. The minimum atomic E-state index is -0.833. The van der Waals surface area contributed by atoms with Crippen LogP contribution in [0, 0.1) is 17.3 Å². The summed E-state index contributed by atoms with van der Waals surface area (Å²) < 4.78 is 5.82. The highest BCUT2D eigenvalue weighted by atomic mass is 16.5. The number of allylic oxidation sites excluding steroid dienone is 1. The Morgan fingerprint density at radius 1 is 1.33 bits per heavy atom. The highest BCUT2D eigenvalue weighted by Gasteiger charge is 2.65. The number of aromatic amines is 1. The molecule has 1 aromatic carbocycles. The molecule has 1 aromatic heterocycles. The molecule has 158 valence electrons. The maximum atomic E-state index is 11.0. The van der Waals surface area contributed by atoms with Gasteiger partial charge in [-0.2, -0.15) is 0 Å². The standard InChI is InChI=1S/C25H30N2O3/c1-15-12-19-18-4-2-3-5-21(18)26-23(19)24(27(15)17-9-11-30-14-17)25-10-8-20(25)16(13-25)6-7-22(28)29/h2-7,15-17,20,24,26H,8-14H2,1H3,(H,28,29)/b7-6+. The predicted molar refractivity (Wildman–Crippen MR) is 115 cm³/mol. The van der Waals surface area contributed by atoms with Crippen LogP contribution >= 0.6 is 0 Å². The normalized spacial score (nSPS) is 38.2. The summed E-state index contributed by atoms with van der Waals surface area (Å²) in [5, 5.41) is 10.5. The van der Waals surface area contributed by atoms with Crippen LogP contribution in [-0.4, -0.2) is 46.3 Å². The molecular formula is C25H30N2O3. The van der Waals surface area contributed by atoms with Gasteiger partial charge in [-0.25, -0.2) is 4.79 Å². The van der Waals surface area contributed by atoms with Gasteiger partial charge in [0.2, 0.25) is 0 Å². The Hall–Kier alpha value is -2.11. The fraction of sp³-hybridized carbons (Fsp3) is 0.560. The summed E-state index contributed by atoms with van der Waals surface area (Å²) in [5.74, 6) is 0.162. The number of aromatic nitrogens is 1. The van der Waals surface area contributed by atoms with Crippen LogP contribution in [0.5, 0.6) is 0 Å². The summed E-state index contributed by atoms with van der Waals surface area (Å²) in [4.78, 5) is 17.7. The maximum absolute atomic E-state index is 11.0. The van der Waals surface area contributed by atoms with E-state index in [1.165, 1.54) is 41.1 Å². The number of para-hydroxylation sites is 1. The lowest BCUT2D eigenvalue weighted by Crippen LogP contribution is -2.65. The molecule has 6 atom stereocenters. The number of benzene rings is 1. The van der Waals surface area contributed by atoms with Gasteiger partial charge in [0.1, 0.15) is 0 Å². The molecule has 5 heteroatoms. The van der Waals surface area contributed by atoms with E-state index >= 15 is 0 Å². The second-order valence-electron chi connectivity index (χ2n) is 9.93. The number of aliphatic carboxylic acids is 1. The highest BCUT2D eigenvalue weighted by molar-refractivity contribution is 5.85. The molecule has 2 aromatic rings. The molecule has 6 rings (SSSR count).